The van der Waals surface area contributed by atoms with Crippen molar-refractivity contribution in [1.82, 2.24) is 9.80 Å². The zero-order valence-corrected chi connectivity index (χ0v) is 16.0. The van der Waals surface area contributed by atoms with Gasteiger partial charge in [-0.3, -0.25) is 4.79 Å². The van der Waals surface area contributed by atoms with Crippen molar-refractivity contribution in [3.63, 3.8) is 0 Å². The minimum atomic E-state index is 0.0320. The monoisotopic (exact) mass is 364 g/mol. The largest absolute Gasteiger partial charge is 0.508 e. The van der Waals surface area contributed by atoms with E-state index in [-0.39, 0.29) is 11.7 Å². The van der Waals surface area contributed by atoms with Crippen LogP contribution in [0.5, 0.6) is 5.75 Å². The van der Waals surface area contributed by atoms with Gasteiger partial charge in [-0.05, 0) is 61.4 Å². The summed E-state index contributed by atoms with van der Waals surface area (Å²) in [6.45, 7) is 3.82. The molecule has 2 aliphatic rings. The van der Waals surface area contributed by atoms with Crippen molar-refractivity contribution in [2.24, 2.45) is 5.41 Å². The summed E-state index contributed by atoms with van der Waals surface area (Å²) in [5.41, 5.74) is 2.30. The fraction of sp³-hybridized carbons (Fsp3) is 0.435. The highest BCUT2D eigenvalue weighted by Crippen LogP contribution is 2.44. The molecule has 142 valence electrons. The molecule has 0 saturated carbocycles. The number of carbonyl (C=O) groups is 1. The summed E-state index contributed by atoms with van der Waals surface area (Å²) in [6.07, 6.45) is 3.30. The van der Waals surface area contributed by atoms with Gasteiger partial charge in [0.25, 0.3) is 5.91 Å². The molecule has 2 aliphatic heterocycles. The van der Waals surface area contributed by atoms with E-state index in [0.29, 0.717) is 16.9 Å². The minimum Gasteiger partial charge on any atom is -0.508 e. The number of nitrogens with zero attached hydrogens (tertiary/aromatic N) is 2. The van der Waals surface area contributed by atoms with Gasteiger partial charge in [0.15, 0.2) is 0 Å². The lowest BCUT2D eigenvalue weighted by atomic mass is 9.68. The predicted molar refractivity (Wildman–Crippen MR) is 107 cm³/mol. The van der Waals surface area contributed by atoms with Crippen LogP contribution in [-0.2, 0) is 0 Å². The topological polar surface area (TPSA) is 43.8 Å². The van der Waals surface area contributed by atoms with Crippen LogP contribution in [0.4, 0.5) is 0 Å². The van der Waals surface area contributed by atoms with E-state index in [1.807, 2.05) is 4.90 Å². The lowest BCUT2D eigenvalue weighted by Crippen LogP contribution is -2.51. The molecule has 2 aromatic carbocycles. The molecule has 1 spiro atoms. The van der Waals surface area contributed by atoms with Gasteiger partial charge in [-0.2, -0.15) is 0 Å². The van der Waals surface area contributed by atoms with E-state index in [0.717, 1.165) is 39.0 Å². The maximum atomic E-state index is 12.8. The second-order valence-corrected chi connectivity index (χ2v) is 8.35. The van der Waals surface area contributed by atoms with Crippen molar-refractivity contribution in [2.45, 2.75) is 25.2 Å². The molecule has 0 unspecified atom stereocenters. The first-order valence-electron chi connectivity index (χ1n) is 9.86. The Balaban J connectivity index is 1.45. The number of piperidine rings is 2. The Morgan fingerprint density at radius 2 is 1.81 bits per heavy atom. The SMILES string of the molecule is CN1C[C@@H](c2ccccc2)CC2(CCN(C(=O)c3cccc(O)c3)CC2)C1. The Morgan fingerprint density at radius 3 is 2.52 bits per heavy atom. The summed E-state index contributed by atoms with van der Waals surface area (Å²) in [6, 6.07) is 17.5. The fourth-order valence-electron chi connectivity index (χ4n) is 4.98. The van der Waals surface area contributed by atoms with Crippen LogP contribution in [0.1, 0.15) is 41.1 Å². The molecular weight excluding hydrogens is 336 g/mol. The summed E-state index contributed by atoms with van der Waals surface area (Å²) in [5, 5.41) is 9.65. The van der Waals surface area contributed by atoms with Gasteiger partial charge in [0.05, 0.1) is 0 Å². The van der Waals surface area contributed by atoms with Gasteiger partial charge >= 0.3 is 0 Å². The number of rotatable bonds is 2. The van der Waals surface area contributed by atoms with E-state index in [1.165, 1.54) is 12.0 Å². The molecule has 4 nitrogen and oxygen atoms in total. The molecular formula is C23H28N2O2. The second kappa shape index (κ2) is 7.35. The normalized spacial score (nSPS) is 22.7. The number of amides is 1. The van der Waals surface area contributed by atoms with Gasteiger partial charge in [-0.1, -0.05) is 36.4 Å². The van der Waals surface area contributed by atoms with E-state index < -0.39 is 0 Å². The first kappa shape index (κ1) is 18.1. The van der Waals surface area contributed by atoms with Crippen molar-refractivity contribution in [1.29, 1.82) is 0 Å². The number of carbonyl (C=O) groups excluding carboxylic acids is 1. The molecule has 27 heavy (non-hydrogen) atoms. The van der Waals surface area contributed by atoms with Crippen molar-refractivity contribution in [3.05, 3.63) is 65.7 Å². The van der Waals surface area contributed by atoms with Crippen LogP contribution in [0.3, 0.4) is 0 Å². The number of phenolic OH excluding ortho intramolecular Hbond substituents is 1. The molecule has 1 atom stereocenters. The smallest absolute Gasteiger partial charge is 0.253 e. The summed E-state index contributed by atoms with van der Waals surface area (Å²) >= 11 is 0. The second-order valence-electron chi connectivity index (χ2n) is 8.35. The van der Waals surface area contributed by atoms with Crippen molar-refractivity contribution < 1.29 is 9.90 Å². The molecule has 1 N–H and O–H groups in total. The van der Waals surface area contributed by atoms with E-state index in [4.69, 9.17) is 0 Å². The number of aromatic hydroxyl groups is 1. The third kappa shape index (κ3) is 3.86. The van der Waals surface area contributed by atoms with Crippen LogP contribution in [0.2, 0.25) is 0 Å². The molecule has 4 rings (SSSR count). The molecule has 1 amide bonds. The maximum absolute atomic E-state index is 12.8. The van der Waals surface area contributed by atoms with E-state index in [9.17, 15) is 9.90 Å². The number of likely N-dealkylation sites (N-methyl/N-ethyl adjacent to an activating group) is 1. The highest BCUT2D eigenvalue weighted by molar-refractivity contribution is 5.94. The van der Waals surface area contributed by atoms with Gasteiger partial charge in [0, 0.05) is 31.7 Å². The standard InChI is InChI=1S/C23H28N2O2/c1-24-16-20(18-6-3-2-4-7-18)15-23(17-24)10-12-25(13-11-23)22(27)19-8-5-9-21(26)14-19/h2-9,14,20,26H,10-13,15-17H2,1H3/t20-/m0/s1. The van der Waals surface area contributed by atoms with Crippen LogP contribution < -0.4 is 0 Å². The Labute approximate surface area is 161 Å². The number of hydrogen-bond donors (Lipinski definition) is 1. The summed E-state index contributed by atoms with van der Waals surface area (Å²) in [5.74, 6) is 0.747. The Morgan fingerprint density at radius 1 is 1.07 bits per heavy atom. The van der Waals surface area contributed by atoms with Crippen LogP contribution in [0, 0.1) is 5.41 Å². The van der Waals surface area contributed by atoms with E-state index >= 15 is 0 Å². The summed E-state index contributed by atoms with van der Waals surface area (Å²) < 4.78 is 0. The predicted octanol–water partition coefficient (Wildman–Crippen LogP) is 3.73. The highest BCUT2D eigenvalue weighted by Gasteiger charge is 2.42. The molecule has 0 aliphatic carbocycles. The average molecular weight is 364 g/mol. The van der Waals surface area contributed by atoms with Gasteiger partial charge in [0.2, 0.25) is 0 Å². The molecule has 0 aromatic heterocycles. The fourth-order valence-corrected chi connectivity index (χ4v) is 4.98. The highest BCUT2D eigenvalue weighted by atomic mass is 16.3. The molecule has 0 bridgehead atoms. The van der Waals surface area contributed by atoms with E-state index in [1.54, 1.807) is 24.3 Å². The number of phenols is 1. The van der Waals surface area contributed by atoms with Gasteiger partial charge in [0.1, 0.15) is 5.75 Å². The Bertz CT molecular complexity index is 797. The van der Waals surface area contributed by atoms with Gasteiger partial charge in [-0.25, -0.2) is 0 Å². The Kier molecular flexibility index (Phi) is 4.92. The summed E-state index contributed by atoms with van der Waals surface area (Å²) in [4.78, 5) is 17.2. The van der Waals surface area contributed by atoms with Crippen molar-refractivity contribution in [3.8, 4) is 5.75 Å². The lowest BCUT2D eigenvalue weighted by Gasteiger charge is -2.49. The van der Waals surface area contributed by atoms with Crippen molar-refractivity contribution in [2.75, 3.05) is 33.2 Å². The molecule has 0 radical (unpaired) electrons. The quantitative estimate of drug-likeness (QED) is 0.883. The van der Waals surface area contributed by atoms with Crippen LogP contribution in [0.15, 0.2) is 54.6 Å². The zero-order chi connectivity index (χ0) is 18.9. The number of benzene rings is 2. The average Bonchev–Trinajstić information content (AvgIpc) is 2.68. The first-order valence-corrected chi connectivity index (χ1v) is 9.86. The third-order valence-corrected chi connectivity index (χ3v) is 6.29. The molecule has 2 heterocycles. The lowest BCUT2D eigenvalue weighted by molar-refractivity contribution is 0.0224. The number of hydrogen-bond acceptors (Lipinski definition) is 3. The van der Waals surface area contributed by atoms with Crippen LogP contribution >= 0.6 is 0 Å². The molecule has 2 aromatic rings. The van der Waals surface area contributed by atoms with Gasteiger partial charge < -0.3 is 14.9 Å². The minimum absolute atomic E-state index is 0.0320. The zero-order valence-electron chi connectivity index (χ0n) is 16.0. The summed E-state index contributed by atoms with van der Waals surface area (Å²) in [7, 11) is 2.22. The van der Waals surface area contributed by atoms with E-state index in [2.05, 4.69) is 42.3 Å². The first-order chi connectivity index (χ1) is 13.0. The van der Waals surface area contributed by atoms with Crippen LogP contribution in [-0.4, -0.2) is 54.0 Å². The third-order valence-electron chi connectivity index (χ3n) is 6.29. The molecule has 2 fully saturated rings. The number of likely N-dealkylation sites (tertiary alicyclic amines) is 2. The molecule has 4 heteroatoms. The van der Waals surface area contributed by atoms with Crippen molar-refractivity contribution >= 4 is 5.91 Å². The van der Waals surface area contributed by atoms with Crippen LogP contribution in [0.25, 0.3) is 0 Å². The molecule has 2 saturated heterocycles. The van der Waals surface area contributed by atoms with Gasteiger partial charge in [-0.15, -0.1) is 0 Å². The Hall–Kier alpha value is -2.33. The maximum Gasteiger partial charge on any atom is 0.253 e.